The van der Waals surface area contributed by atoms with Gasteiger partial charge in [0, 0.05) is 48.3 Å². The van der Waals surface area contributed by atoms with E-state index in [1.165, 1.54) is 0 Å². The van der Waals surface area contributed by atoms with Crippen molar-refractivity contribution < 1.29 is 18.9 Å². The topological polar surface area (TPSA) is 53.0 Å². The van der Waals surface area contributed by atoms with E-state index >= 15 is 0 Å². The van der Waals surface area contributed by atoms with Gasteiger partial charge in [0.05, 0.1) is 24.4 Å². The molecule has 3 aromatic rings. The van der Waals surface area contributed by atoms with E-state index in [2.05, 4.69) is 11.0 Å². The molecule has 0 N–H and O–H groups in total. The fourth-order valence-corrected chi connectivity index (χ4v) is 5.57. The van der Waals surface area contributed by atoms with E-state index in [1.807, 2.05) is 42.5 Å². The Bertz CT molecular complexity index is 1220. The van der Waals surface area contributed by atoms with Crippen LogP contribution in [-0.2, 0) is 11.3 Å². The smallest absolute Gasteiger partial charge is 0.218 e. The van der Waals surface area contributed by atoms with Crippen molar-refractivity contribution in [3.8, 4) is 39.8 Å². The van der Waals surface area contributed by atoms with E-state index < -0.39 is 0 Å². The number of benzene rings is 2. The van der Waals surface area contributed by atoms with Crippen molar-refractivity contribution >= 4 is 11.6 Å². The minimum absolute atomic E-state index is 0.364. The Morgan fingerprint density at radius 3 is 2.62 bits per heavy atom. The lowest BCUT2D eigenvalue weighted by Gasteiger charge is -2.47. The minimum atomic E-state index is 0.364. The lowest BCUT2D eigenvalue weighted by atomic mass is 9.79. The van der Waals surface area contributed by atoms with Gasteiger partial charge in [0.15, 0.2) is 11.5 Å². The van der Waals surface area contributed by atoms with E-state index in [1.54, 1.807) is 7.11 Å². The van der Waals surface area contributed by atoms with Crippen LogP contribution in [-0.4, -0.2) is 56.5 Å². The van der Waals surface area contributed by atoms with Gasteiger partial charge in [-0.2, -0.15) is 0 Å². The molecule has 1 spiro atoms. The highest BCUT2D eigenvalue weighted by Gasteiger charge is 2.45. The molecule has 176 valence electrons. The number of halogens is 1. The van der Waals surface area contributed by atoms with Crippen molar-refractivity contribution in [2.75, 3.05) is 46.6 Å². The second-order valence-corrected chi connectivity index (χ2v) is 9.72. The number of aromatic nitrogens is 1. The Kier molecular flexibility index (Phi) is 5.60. The third kappa shape index (κ3) is 3.90. The van der Waals surface area contributed by atoms with Gasteiger partial charge >= 0.3 is 0 Å². The molecule has 2 saturated heterocycles. The number of methoxy groups -OCH3 is 1. The van der Waals surface area contributed by atoms with Gasteiger partial charge in [0.1, 0.15) is 13.2 Å². The molecule has 3 aliphatic heterocycles. The molecule has 3 aliphatic rings. The first-order valence-corrected chi connectivity index (χ1v) is 12.0. The maximum atomic E-state index is 6.91. The van der Waals surface area contributed by atoms with Crippen molar-refractivity contribution in [1.29, 1.82) is 0 Å². The Balaban J connectivity index is 1.26. The predicted octanol–water partition coefficient (Wildman–Crippen LogP) is 5.07. The molecule has 0 amide bonds. The van der Waals surface area contributed by atoms with Crippen molar-refractivity contribution in [2.24, 2.45) is 5.41 Å². The highest BCUT2D eigenvalue weighted by Crippen LogP contribution is 2.42. The molecule has 1 aromatic heterocycles. The number of hydrogen-bond donors (Lipinski definition) is 0. The Labute approximate surface area is 204 Å². The van der Waals surface area contributed by atoms with Crippen LogP contribution in [0.25, 0.3) is 22.4 Å². The fraction of sp³-hybridized carbons (Fsp3) is 0.370. The van der Waals surface area contributed by atoms with Crippen LogP contribution in [0.1, 0.15) is 12.0 Å². The normalized spacial score (nSPS) is 18.6. The Morgan fingerprint density at radius 2 is 1.82 bits per heavy atom. The molecule has 34 heavy (non-hydrogen) atoms. The number of hydrogen-bond acceptors (Lipinski definition) is 6. The van der Waals surface area contributed by atoms with Gasteiger partial charge in [-0.25, -0.2) is 4.98 Å². The SMILES string of the molecule is COc1nc(-c2cccc(-c3ccc4c(c3)OCCO4)c2Cl)ccc1CN1CC2(CCOC2)C1. The van der Waals surface area contributed by atoms with Crippen LogP contribution in [0.15, 0.2) is 48.5 Å². The average molecular weight is 479 g/mol. The first kappa shape index (κ1) is 21.7. The Hall–Kier alpha value is -2.80. The summed E-state index contributed by atoms with van der Waals surface area (Å²) in [5.74, 6) is 2.14. The molecular formula is C27H27ClN2O4. The van der Waals surface area contributed by atoms with Crippen molar-refractivity contribution in [3.63, 3.8) is 0 Å². The lowest BCUT2D eigenvalue weighted by Crippen LogP contribution is -2.56. The zero-order chi connectivity index (χ0) is 23.1. The van der Waals surface area contributed by atoms with Crippen LogP contribution in [0.2, 0.25) is 5.02 Å². The molecule has 2 aromatic carbocycles. The van der Waals surface area contributed by atoms with Crippen LogP contribution in [0.5, 0.6) is 17.4 Å². The van der Waals surface area contributed by atoms with Gasteiger partial charge in [-0.15, -0.1) is 0 Å². The number of pyridine rings is 1. The van der Waals surface area contributed by atoms with Crippen LogP contribution < -0.4 is 14.2 Å². The summed E-state index contributed by atoms with van der Waals surface area (Å²) in [6.45, 7) is 5.85. The standard InChI is InChI=1S/C27H27ClN2O4/c1-31-26-19(14-30-15-27(16-30)9-10-32-17-27)5-7-22(29-26)21-4-2-3-20(25(21)28)18-6-8-23-24(13-18)34-12-11-33-23/h2-8,13H,9-12,14-17H2,1H3. The summed E-state index contributed by atoms with van der Waals surface area (Å²) < 4.78 is 22.7. The number of rotatable bonds is 5. The molecule has 0 bridgehead atoms. The van der Waals surface area contributed by atoms with Crippen LogP contribution in [0.3, 0.4) is 0 Å². The van der Waals surface area contributed by atoms with Crippen LogP contribution >= 0.6 is 11.6 Å². The van der Waals surface area contributed by atoms with Crippen molar-refractivity contribution in [1.82, 2.24) is 9.88 Å². The van der Waals surface area contributed by atoms with Gasteiger partial charge in [-0.1, -0.05) is 41.9 Å². The first-order valence-electron chi connectivity index (χ1n) is 11.7. The van der Waals surface area contributed by atoms with Crippen molar-refractivity contribution in [2.45, 2.75) is 13.0 Å². The van der Waals surface area contributed by atoms with Crippen molar-refractivity contribution in [3.05, 3.63) is 59.1 Å². The number of ether oxygens (including phenoxy) is 4. The number of fused-ring (bicyclic) bond motifs is 1. The minimum Gasteiger partial charge on any atom is -0.486 e. The van der Waals surface area contributed by atoms with E-state index in [0.717, 1.165) is 78.7 Å². The molecule has 2 fully saturated rings. The second kappa shape index (κ2) is 8.77. The highest BCUT2D eigenvalue weighted by molar-refractivity contribution is 6.36. The molecule has 0 aliphatic carbocycles. The van der Waals surface area contributed by atoms with Gasteiger partial charge in [-0.3, -0.25) is 4.90 Å². The molecule has 0 radical (unpaired) electrons. The van der Waals surface area contributed by atoms with E-state index in [4.69, 9.17) is 35.5 Å². The van der Waals surface area contributed by atoms with Gasteiger partial charge in [0.2, 0.25) is 5.88 Å². The summed E-state index contributed by atoms with van der Waals surface area (Å²) in [5, 5.41) is 0.646. The summed E-state index contributed by atoms with van der Waals surface area (Å²) in [6.07, 6.45) is 1.16. The summed E-state index contributed by atoms with van der Waals surface area (Å²) in [5.41, 5.74) is 4.99. The largest absolute Gasteiger partial charge is 0.486 e. The fourth-order valence-electron chi connectivity index (χ4n) is 5.23. The highest BCUT2D eigenvalue weighted by atomic mass is 35.5. The summed E-state index contributed by atoms with van der Waals surface area (Å²) in [7, 11) is 1.67. The molecular weight excluding hydrogens is 452 g/mol. The molecule has 0 atom stereocenters. The van der Waals surface area contributed by atoms with E-state index in [9.17, 15) is 0 Å². The van der Waals surface area contributed by atoms with E-state index in [0.29, 0.717) is 29.5 Å². The van der Waals surface area contributed by atoms with Gasteiger partial charge in [0.25, 0.3) is 0 Å². The summed E-state index contributed by atoms with van der Waals surface area (Å²) in [6, 6.07) is 16.0. The first-order chi connectivity index (χ1) is 16.6. The number of likely N-dealkylation sites (tertiary alicyclic amines) is 1. The zero-order valence-corrected chi connectivity index (χ0v) is 19.9. The maximum absolute atomic E-state index is 6.91. The maximum Gasteiger partial charge on any atom is 0.218 e. The summed E-state index contributed by atoms with van der Waals surface area (Å²) >= 11 is 6.91. The molecule has 0 saturated carbocycles. The Morgan fingerprint density at radius 1 is 1.00 bits per heavy atom. The van der Waals surface area contributed by atoms with E-state index in [-0.39, 0.29) is 0 Å². The monoisotopic (exact) mass is 478 g/mol. The van der Waals surface area contributed by atoms with Gasteiger partial charge < -0.3 is 18.9 Å². The lowest BCUT2D eigenvalue weighted by molar-refractivity contribution is -0.0128. The van der Waals surface area contributed by atoms with Gasteiger partial charge in [-0.05, 0) is 30.2 Å². The van der Waals surface area contributed by atoms with Crippen LogP contribution in [0.4, 0.5) is 0 Å². The zero-order valence-electron chi connectivity index (χ0n) is 19.2. The summed E-state index contributed by atoms with van der Waals surface area (Å²) in [4.78, 5) is 7.26. The quantitative estimate of drug-likeness (QED) is 0.510. The average Bonchev–Trinajstić information content (AvgIpc) is 3.34. The predicted molar refractivity (Wildman–Crippen MR) is 131 cm³/mol. The molecule has 6 rings (SSSR count). The second-order valence-electron chi connectivity index (χ2n) is 9.34. The third-order valence-electron chi connectivity index (χ3n) is 6.96. The molecule has 0 unspecified atom stereocenters. The molecule has 6 nitrogen and oxygen atoms in total. The third-order valence-corrected chi connectivity index (χ3v) is 7.36. The van der Waals surface area contributed by atoms with Crippen LogP contribution in [0, 0.1) is 5.41 Å². The molecule has 7 heteroatoms. The number of nitrogens with zero attached hydrogens (tertiary/aromatic N) is 2. The molecule has 4 heterocycles.